The third-order valence-corrected chi connectivity index (χ3v) is 2.17. The summed E-state index contributed by atoms with van der Waals surface area (Å²) >= 11 is 0. The number of carboxylic acid groups (broad SMARTS) is 1. The van der Waals surface area contributed by atoms with Crippen molar-refractivity contribution in [3.8, 4) is 0 Å². The highest BCUT2D eigenvalue weighted by molar-refractivity contribution is 5.79. The van der Waals surface area contributed by atoms with E-state index in [0.717, 1.165) is 0 Å². The first-order valence-corrected chi connectivity index (χ1v) is 4.54. The molecular weight excluding hydrogens is 186 g/mol. The molecule has 0 radical (unpaired) electrons. The van der Waals surface area contributed by atoms with Crippen LogP contribution in [0.25, 0.3) is 0 Å². The quantitative estimate of drug-likeness (QED) is 0.579. The molecule has 0 rings (SSSR count). The number of carbonyl (C=O) groups excluding carboxylic acids is 1. The van der Waals surface area contributed by atoms with Crippen LogP contribution in [0, 0.1) is 11.8 Å². The standard InChI is InChI=1S/C9H17NO4/c1-5(2)6(3)8(12)10-4-7(11)9(13)14/h5-7,11H,4H2,1-3H3,(H,10,12)(H,13,14). The van der Waals surface area contributed by atoms with E-state index in [0.29, 0.717) is 0 Å². The largest absolute Gasteiger partial charge is 0.479 e. The van der Waals surface area contributed by atoms with Gasteiger partial charge in [0.25, 0.3) is 0 Å². The Morgan fingerprint density at radius 2 is 1.79 bits per heavy atom. The van der Waals surface area contributed by atoms with Crippen molar-refractivity contribution in [2.45, 2.75) is 26.9 Å². The number of aliphatic carboxylic acids is 1. The maximum atomic E-state index is 11.3. The Bertz CT molecular complexity index is 215. The fourth-order valence-corrected chi connectivity index (χ4v) is 0.748. The van der Waals surface area contributed by atoms with Gasteiger partial charge in [-0.05, 0) is 5.92 Å². The number of nitrogens with one attached hydrogen (secondary N) is 1. The summed E-state index contributed by atoms with van der Waals surface area (Å²) in [5.41, 5.74) is 0. The zero-order valence-electron chi connectivity index (χ0n) is 8.65. The van der Waals surface area contributed by atoms with Crippen LogP contribution >= 0.6 is 0 Å². The first kappa shape index (κ1) is 12.9. The van der Waals surface area contributed by atoms with Crippen molar-refractivity contribution in [1.82, 2.24) is 5.32 Å². The number of hydrogen-bond donors (Lipinski definition) is 3. The maximum Gasteiger partial charge on any atom is 0.334 e. The van der Waals surface area contributed by atoms with Crippen LogP contribution in [0.3, 0.4) is 0 Å². The molecule has 82 valence electrons. The molecule has 0 fully saturated rings. The van der Waals surface area contributed by atoms with Crippen molar-refractivity contribution in [3.63, 3.8) is 0 Å². The van der Waals surface area contributed by atoms with Gasteiger partial charge in [0.2, 0.25) is 5.91 Å². The second kappa shape index (κ2) is 5.59. The van der Waals surface area contributed by atoms with Gasteiger partial charge in [-0.3, -0.25) is 4.79 Å². The molecule has 5 nitrogen and oxygen atoms in total. The summed E-state index contributed by atoms with van der Waals surface area (Å²) in [6.45, 7) is 5.31. The van der Waals surface area contributed by atoms with Gasteiger partial charge >= 0.3 is 5.97 Å². The van der Waals surface area contributed by atoms with Crippen LogP contribution in [0.15, 0.2) is 0 Å². The van der Waals surface area contributed by atoms with Crippen LogP contribution in [-0.2, 0) is 9.59 Å². The zero-order valence-corrected chi connectivity index (χ0v) is 8.65. The Kier molecular flexibility index (Phi) is 5.15. The number of aliphatic hydroxyl groups is 1. The van der Waals surface area contributed by atoms with Crippen LogP contribution in [-0.4, -0.2) is 34.7 Å². The number of rotatable bonds is 5. The topological polar surface area (TPSA) is 86.6 Å². The summed E-state index contributed by atoms with van der Waals surface area (Å²) in [5.74, 6) is -1.56. The monoisotopic (exact) mass is 203 g/mol. The lowest BCUT2D eigenvalue weighted by atomic mass is 9.97. The molecule has 0 aromatic carbocycles. The fraction of sp³-hybridized carbons (Fsp3) is 0.778. The average Bonchev–Trinajstić information content (AvgIpc) is 2.11. The van der Waals surface area contributed by atoms with E-state index in [-0.39, 0.29) is 24.3 Å². The lowest BCUT2D eigenvalue weighted by molar-refractivity contribution is -0.146. The molecule has 2 unspecified atom stereocenters. The van der Waals surface area contributed by atoms with Gasteiger partial charge in [0.1, 0.15) is 0 Å². The van der Waals surface area contributed by atoms with Gasteiger partial charge in [0.15, 0.2) is 6.10 Å². The van der Waals surface area contributed by atoms with Crippen molar-refractivity contribution in [2.24, 2.45) is 11.8 Å². The minimum absolute atomic E-state index is 0.184. The minimum Gasteiger partial charge on any atom is -0.479 e. The Morgan fingerprint density at radius 3 is 2.14 bits per heavy atom. The van der Waals surface area contributed by atoms with E-state index in [9.17, 15) is 9.59 Å². The predicted molar refractivity (Wildman–Crippen MR) is 50.7 cm³/mol. The molecule has 0 aromatic rings. The first-order valence-electron chi connectivity index (χ1n) is 4.54. The smallest absolute Gasteiger partial charge is 0.334 e. The number of carbonyl (C=O) groups is 2. The Hall–Kier alpha value is -1.10. The van der Waals surface area contributed by atoms with Crippen molar-refractivity contribution >= 4 is 11.9 Å². The predicted octanol–water partition coefficient (Wildman–Crippen LogP) is -0.160. The molecule has 14 heavy (non-hydrogen) atoms. The Labute approximate surface area is 83.1 Å². The SMILES string of the molecule is CC(C)C(C)C(=O)NCC(O)C(=O)O. The van der Waals surface area contributed by atoms with Crippen LogP contribution in [0.4, 0.5) is 0 Å². The van der Waals surface area contributed by atoms with Crippen molar-refractivity contribution < 1.29 is 19.8 Å². The summed E-state index contributed by atoms with van der Waals surface area (Å²) < 4.78 is 0. The molecule has 0 saturated heterocycles. The number of carboxylic acids is 1. The Morgan fingerprint density at radius 1 is 1.29 bits per heavy atom. The minimum atomic E-state index is -1.53. The van der Waals surface area contributed by atoms with Crippen LogP contribution < -0.4 is 5.32 Å². The van der Waals surface area contributed by atoms with Crippen molar-refractivity contribution in [3.05, 3.63) is 0 Å². The summed E-state index contributed by atoms with van der Waals surface area (Å²) in [6.07, 6.45) is -1.53. The summed E-state index contributed by atoms with van der Waals surface area (Å²) in [7, 11) is 0. The molecule has 0 aliphatic heterocycles. The molecule has 0 bridgehead atoms. The third kappa shape index (κ3) is 4.23. The fourth-order valence-electron chi connectivity index (χ4n) is 0.748. The van der Waals surface area contributed by atoms with Gasteiger partial charge in [-0.1, -0.05) is 20.8 Å². The van der Waals surface area contributed by atoms with E-state index in [4.69, 9.17) is 10.2 Å². The number of amides is 1. The molecule has 0 saturated carbocycles. The number of aliphatic hydroxyl groups excluding tert-OH is 1. The molecule has 0 aliphatic rings. The van der Waals surface area contributed by atoms with Crippen LogP contribution in [0.1, 0.15) is 20.8 Å². The third-order valence-electron chi connectivity index (χ3n) is 2.17. The maximum absolute atomic E-state index is 11.3. The highest BCUT2D eigenvalue weighted by Gasteiger charge is 2.19. The molecular formula is C9H17NO4. The molecule has 0 aromatic heterocycles. The van der Waals surface area contributed by atoms with E-state index in [1.165, 1.54) is 0 Å². The normalized spacial score (nSPS) is 14.9. The van der Waals surface area contributed by atoms with Crippen molar-refractivity contribution in [1.29, 1.82) is 0 Å². The van der Waals surface area contributed by atoms with E-state index >= 15 is 0 Å². The molecule has 0 heterocycles. The van der Waals surface area contributed by atoms with Gasteiger partial charge in [0.05, 0.1) is 6.54 Å². The van der Waals surface area contributed by atoms with Gasteiger partial charge in [-0.25, -0.2) is 4.79 Å². The van der Waals surface area contributed by atoms with Crippen molar-refractivity contribution in [2.75, 3.05) is 6.54 Å². The van der Waals surface area contributed by atoms with Gasteiger partial charge < -0.3 is 15.5 Å². The molecule has 3 N–H and O–H groups in total. The molecule has 5 heteroatoms. The van der Waals surface area contributed by atoms with Crippen LogP contribution in [0.5, 0.6) is 0 Å². The summed E-state index contributed by atoms with van der Waals surface area (Å²) in [5, 5.41) is 19.6. The van der Waals surface area contributed by atoms with Gasteiger partial charge in [0, 0.05) is 5.92 Å². The highest BCUT2D eigenvalue weighted by atomic mass is 16.4. The van der Waals surface area contributed by atoms with Gasteiger partial charge in [-0.15, -0.1) is 0 Å². The van der Waals surface area contributed by atoms with Crippen LogP contribution in [0.2, 0.25) is 0 Å². The van der Waals surface area contributed by atoms with E-state index in [1.807, 2.05) is 13.8 Å². The summed E-state index contributed by atoms with van der Waals surface area (Å²) in [4.78, 5) is 21.5. The number of hydrogen-bond acceptors (Lipinski definition) is 3. The van der Waals surface area contributed by atoms with E-state index in [2.05, 4.69) is 5.32 Å². The summed E-state index contributed by atoms with van der Waals surface area (Å²) in [6, 6.07) is 0. The highest BCUT2D eigenvalue weighted by Crippen LogP contribution is 2.08. The second-order valence-corrected chi connectivity index (χ2v) is 3.63. The van der Waals surface area contributed by atoms with E-state index in [1.54, 1.807) is 6.92 Å². The van der Waals surface area contributed by atoms with Gasteiger partial charge in [-0.2, -0.15) is 0 Å². The first-order chi connectivity index (χ1) is 6.36. The second-order valence-electron chi connectivity index (χ2n) is 3.63. The van der Waals surface area contributed by atoms with E-state index < -0.39 is 12.1 Å². The Balaban J connectivity index is 3.91. The lowest BCUT2D eigenvalue weighted by Crippen LogP contribution is -2.39. The molecule has 1 amide bonds. The molecule has 0 aliphatic carbocycles. The molecule has 2 atom stereocenters. The molecule has 0 spiro atoms. The average molecular weight is 203 g/mol. The zero-order chi connectivity index (χ0) is 11.3. The lowest BCUT2D eigenvalue weighted by Gasteiger charge is -2.15.